The van der Waals surface area contributed by atoms with Crippen molar-refractivity contribution in [1.82, 2.24) is 4.98 Å². The zero-order valence-electron chi connectivity index (χ0n) is 14.7. The highest BCUT2D eigenvalue weighted by molar-refractivity contribution is 6.13. The van der Waals surface area contributed by atoms with Crippen LogP contribution in [-0.4, -0.2) is 10.9 Å². The maximum Gasteiger partial charge on any atom is 0.256 e. The number of fused-ring (bicyclic) bond motifs is 1. The lowest BCUT2D eigenvalue weighted by Gasteiger charge is -2.12. The van der Waals surface area contributed by atoms with Gasteiger partial charge in [0.1, 0.15) is 5.82 Å². The number of carbonyl (C=O) groups is 1. The first-order chi connectivity index (χ1) is 13.1. The van der Waals surface area contributed by atoms with Crippen molar-refractivity contribution in [2.24, 2.45) is 0 Å². The van der Waals surface area contributed by atoms with Crippen molar-refractivity contribution in [3.8, 4) is 11.3 Å². The van der Waals surface area contributed by atoms with Gasteiger partial charge < -0.3 is 5.32 Å². The first kappa shape index (κ1) is 16.9. The topological polar surface area (TPSA) is 42.0 Å². The minimum absolute atomic E-state index is 0.255. The number of carbonyl (C=O) groups excluding carboxylic acids is 1. The Kier molecular flexibility index (Phi) is 4.38. The second-order valence-corrected chi connectivity index (χ2v) is 6.35. The molecule has 0 unspecified atom stereocenters. The molecule has 1 amide bonds. The largest absolute Gasteiger partial charge is 0.322 e. The molecule has 0 saturated heterocycles. The second kappa shape index (κ2) is 7.00. The van der Waals surface area contributed by atoms with Crippen LogP contribution in [0.1, 0.15) is 15.9 Å². The van der Waals surface area contributed by atoms with Gasteiger partial charge in [0, 0.05) is 16.6 Å². The number of nitrogens with one attached hydrogen (secondary N) is 1. The number of hydrogen-bond donors (Lipinski definition) is 1. The maximum atomic E-state index is 13.1. The van der Waals surface area contributed by atoms with Crippen LogP contribution in [0.25, 0.3) is 22.2 Å². The van der Waals surface area contributed by atoms with E-state index in [9.17, 15) is 9.18 Å². The van der Waals surface area contributed by atoms with Crippen LogP contribution in [0.15, 0.2) is 78.9 Å². The average molecular weight is 356 g/mol. The number of aromatic nitrogens is 1. The number of anilines is 1. The Balaban J connectivity index is 1.82. The molecule has 4 rings (SSSR count). The van der Waals surface area contributed by atoms with E-state index in [0.717, 1.165) is 27.7 Å². The Morgan fingerprint density at radius 2 is 1.63 bits per heavy atom. The molecule has 0 atom stereocenters. The fourth-order valence-electron chi connectivity index (χ4n) is 3.09. The van der Waals surface area contributed by atoms with Gasteiger partial charge in [-0.2, -0.15) is 0 Å². The van der Waals surface area contributed by atoms with Gasteiger partial charge in [0.25, 0.3) is 5.91 Å². The Bertz CT molecular complexity index is 1140. The van der Waals surface area contributed by atoms with Crippen LogP contribution in [0, 0.1) is 12.7 Å². The molecule has 4 aromatic rings. The standard InChI is InChI=1S/C23H17FN2O/c1-15-6-2-3-7-18(15)22-14-20(19-8-4-5-9-21(19)26-22)23(27)25-17-12-10-16(24)11-13-17/h2-14H,1H3,(H,25,27). The molecule has 0 radical (unpaired) electrons. The number of aryl methyl sites for hydroxylation is 1. The van der Waals surface area contributed by atoms with Gasteiger partial charge in [-0.25, -0.2) is 9.37 Å². The Hall–Kier alpha value is -3.53. The van der Waals surface area contributed by atoms with Gasteiger partial charge in [-0.15, -0.1) is 0 Å². The van der Waals surface area contributed by atoms with Gasteiger partial charge in [0.05, 0.1) is 16.8 Å². The van der Waals surface area contributed by atoms with E-state index in [1.807, 2.05) is 61.5 Å². The predicted octanol–water partition coefficient (Wildman–Crippen LogP) is 5.60. The van der Waals surface area contributed by atoms with Crippen LogP contribution in [0.3, 0.4) is 0 Å². The molecule has 3 aromatic carbocycles. The number of benzene rings is 3. The van der Waals surface area contributed by atoms with Gasteiger partial charge in [0.15, 0.2) is 0 Å². The number of para-hydroxylation sites is 1. The molecule has 0 spiro atoms. The molecule has 0 aliphatic carbocycles. The highest BCUT2D eigenvalue weighted by atomic mass is 19.1. The smallest absolute Gasteiger partial charge is 0.256 e. The molecule has 3 nitrogen and oxygen atoms in total. The van der Waals surface area contributed by atoms with Crippen molar-refractivity contribution >= 4 is 22.5 Å². The van der Waals surface area contributed by atoms with Crippen LogP contribution in [-0.2, 0) is 0 Å². The Morgan fingerprint density at radius 1 is 0.926 bits per heavy atom. The zero-order valence-corrected chi connectivity index (χ0v) is 14.7. The van der Waals surface area contributed by atoms with Crippen molar-refractivity contribution in [3.05, 3.63) is 95.8 Å². The minimum atomic E-state index is -0.343. The third-order valence-electron chi connectivity index (χ3n) is 4.48. The minimum Gasteiger partial charge on any atom is -0.322 e. The lowest BCUT2D eigenvalue weighted by Crippen LogP contribution is -2.13. The summed E-state index contributed by atoms with van der Waals surface area (Å²) in [5.41, 5.74) is 4.64. The number of pyridine rings is 1. The first-order valence-electron chi connectivity index (χ1n) is 8.64. The third-order valence-corrected chi connectivity index (χ3v) is 4.48. The highest BCUT2D eigenvalue weighted by Crippen LogP contribution is 2.27. The van der Waals surface area contributed by atoms with Gasteiger partial charge in [-0.3, -0.25) is 4.79 Å². The fourth-order valence-corrected chi connectivity index (χ4v) is 3.09. The van der Waals surface area contributed by atoms with Crippen LogP contribution < -0.4 is 5.32 Å². The molecule has 0 bridgehead atoms. The number of amides is 1. The van der Waals surface area contributed by atoms with E-state index in [1.54, 1.807) is 12.1 Å². The fraction of sp³-hybridized carbons (Fsp3) is 0.0435. The van der Waals surface area contributed by atoms with Gasteiger partial charge in [0.2, 0.25) is 0 Å². The van der Waals surface area contributed by atoms with Crippen molar-refractivity contribution in [2.45, 2.75) is 6.92 Å². The monoisotopic (exact) mass is 356 g/mol. The van der Waals surface area contributed by atoms with Crippen molar-refractivity contribution in [1.29, 1.82) is 0 Å². The molecule has 132 valence electrons. The van der Waals surface area contributed by atoms with Gasteiger partial charge >= 0.3 is 0 Å². The van der Waals surface area contributed by atoms with E-state index in [4.69, 9.17) is 4.98 Å². The molecular weight excluding hydrogens is 339 g/mol. The van der Waals surface area contributed by atoms with Crippen molar-refractivity contribution in [3.63, 3.8) is 0 Å². The predicted molar refractivity (Wildman–Crippen MR) is 106 cm³/mol. The van der Waals surface area contributed by atoms with Gasteiger partial charge in [-0.05, 0) is 48.9 Å². The molecule has 0 fully saturated rings. The van der Waals surface area contributed by atoms with Crippen LogP contribution in [0.4, 0.5) is 10.1 Å². The second-order valence-electron chi connectivity index (χ2n) is 6.35. The molecule has 1 N–H and O–H groups in total. The number of nitrogens with zero attached hydrogens (tertiary/aromatic N) is 1. The maximum absolute atomic E-state index is 13.1. The van der Waals surface area contributed by atoms with E-state index in [2.05, 4.69) is 5.32 Å². The van der Waals surface area contributed by atoms with E-state index in [1.165, 1.54) is 12.1 Å². The van der Waals surface area contributed by atoms with E-state index >= 15 is 0 Å². The summed E-state index contributed by atoms with van der Waals surface area (Å²) in [6.07, 6.45) is 0. The summed E-state index contributed by atoms with van der Waals surface area (Å²) in [7, 11) is 0. The molecule has 0 aliphatic heterocycles. The van der Waals surface area contributed by atoms with Crippen LogP contribution in [0.2, 0.25) is 0 Å². The summed E-state index contributed by atoms with van der Waals surface area (Å²) >= 11 is 0. The summed E-state index contributed by atoms with van der Waals surface area (Å²) in [5.74, 6) is -0.598. The highest BCUT2D eigenvalue weighted by Gasteiger charge is 2.15. The molecule has 0 saturated carbocycles. The summed E-state index contributed by atoms with van der Waals surface area (Å²) in [6.45, 7) is 2.02. The zero-order chi connectivity index (χ0) is 18.8. The normalized spacial score (nSPS) is 10.7. The average Bonchev–Trinajstić information content (AvgIpc) is 2.69. The molecule has 27 heavy (non-hydrogen) atoms. The summed E-state index contributed by atoms with van der Waals surface area (Å²) in [6, 6.07) is 23.0. The lowest BCUT2D eigenvalue weighted by atomic mass is 10.0. The Labute approximate surface area is 156 Å². The molecular formula is C23H17FN2O. The summed E-state index contributed by atoms with van der Waals surface area (Å²) in [5, 5.41) is 3.61. The van der Waals surface area contributed by atoms with Crippen LogP contribution in [0.5, 0.6) is 0 Å². The first-order valence-corrected chi connectivity index (χ1v) is 8.64. The quantitative estimate of drug-likeness (QED) is 0.519. The summed E-state index contributed by atoms with van der Waals surface area (Å²) in [4.78, 5) is 17.7. The van der Waals surface area contributed by atoms with E-state index in [-0.39, 0.29) is 11.7 Å². The Morgan fingerprint density at radius 3 is 2.41 bits per heavy atom. The lowest BCUT2D eigenvalue weighted by molar-refractivity contribution is 0.102. The van der Waals surface area contributed by atoms with E-state index < -0.39 is 0 Å². The van der Waals surface area contributed by atoms with Crippen molar-refractivity contribution in [2.75, 3.05) is 5.32 Å². The van der Waals surface area contributed by atoms with Gasteiger partial charge in [-0.1, -0.05) is 42.5 Å². The molecule has 1 aromatic heterocycles. The molecule has 0 aliphatic rings. The third kappa shape index (κ3) is 3.42. The SMILES string of the molecule is Cc1ccccc1-c1cc(C(=O)Nc2ccc(F)cc2)c2ccccc2n1. The molecule has 1 heterocycles. The van der Waals surface area contributed by atoms with Crippen molar-refractivity contribution < 1.29 is 9.18 Å². The number of halogens is 1. The molecule has 4 heteroatoms. The van der Waals surface area contributed by atoms with E-state index in [0.29, 0.717) is 11.3 Å². The number of rotatable bonds is 3. The summed E-state index contributed by atoms with van der Waals surface area (Å²) < 4.78 is 13.1. The van der Waals surface area contributed by atoms with Crippen LogP contribution >= 0.6 is 0 Å². The number of hydrogen-bond acceptors (Lipinski definition) is 2.